The normalized spacial score (nSPS) is 19.1. The molecule has 9 heteroatoms. The molecule has 1 amide bonds. The molecule has 0 aliphatic carbocycles. The van der Waals surface area contributed by atoms with Crippen molar-refractivity contribution < 1.29 is 4.79 Å². The first-order valence-electron chi connectivity index (χ1n) is 11.4. The van der Waals surface area contributed by atoms with Crippen LogP contribution in [-0.2, 0) is 17.8 Å². The van der Waals surface area contributed by atoms with Crippen LogP contribution in [0.3, 0.4) is 0 Å². The first-order valence-corrected chi connectivity index (χ1v) is 12.2. The van der Waals surface area contributed by atoms with E-state index < -0.39 is 0 Å². The lowest BCUT2D eigenvalue weighted by Crippen LogP contribution is -2.41. The van der Waals surface area contributed by atoms with Gasteiger partial charge in [-0.1, -0.05) is 29.9 Å². The molecule has 8 nitrogen and oxygen atoms in total. The van der Waals surface area contributed by atoms with Crippen molar-refractivity contribution in [2.45, 2.75) is 45.1 Å². The van der Waals surface area contributed by atoms with E-state index in [0.29, 0.717) is 11.7 Å². The number of fused-ring (bicyclic) bond motifs is 4. The first kappa shape index (κ1) is 19.6. The summed E-state index contributed by atoms with van der Waals surface area (Å²) in [6, 6.07) is 7.95. The fourth-order valence-electron chi connectivity index (χ4n) is 4.87. The fraction of sp³-hybridized carbons (Fsp3) is 0.435. The lowest BCUT2D eigenvalue weighted by atomic mass is 9.97. The number of anilines is 2. The minimum Gasteiger partial charge on any atom is -0.354 e. The zero-order valence-corrected chi connectivity index (χ0v) is 18.6. The summed E-state index contributed by atoms with van der Waals surface area (Å²) < 4.78 is 3.34. The number of imidazole rings is 1. The Bertz CT molecular complexity index is 1260. The Labute approximate surface area is 189 Å². The van der Waals surface area contributed by atoms with Crippen LogP contribution in [-0.4, -0.2) is 43.5 Å². The van der Waals surface area contributed by atoms with Crippen LogP contribution in [0.4, 0.5) is 10.9 Å². The smallest absolute Gasteiger partial charge is 0.231 e. The second kappa shape index (κ2) is 8.12. The number of para-hydroxylation sites is 1. The molecule has 3 aromatic heterocycles. The maximum atomic E-state index is 13.1. The Hall–Kier alpha value is -3.07. The van der Waals surface area contributed by atoms with Gasteiger partial charge in [-0.15, -0.1) is 0 Å². The number of carbonyl (C=O) groups is 1. The molecular weight excluding hydrogens is 422 g/mol. The summed E-state index contributed by atoms with van der Waals surface area (Å²) in [7, 11) is 0. The van der Waals surface area contributed by atoms with Gasteiger partial charge in [0.2, 0.25) is 5.91 Å². The Morgan fingerprint density at radius 1 is 1.06 bits per heavy atom. The van der Waals surface area contributed by atoms with Crippen molar-refractivity contribution >= 4 is 49.6 Å². The second-order valence-corrected chi connectivity index (χ2v) is 9.65. The molecular formula is C23H25N7OS. The number of rotatable bonds is 3. The molecule has 4 aromatic rings. The Morgan fingerprint density at radius 3 is 2.94 bits per heavy atom. The monoisotopic (exact) mass is 447 g/mol. The van der Waals surface area contributed by atoms with E-state index in [1.165, 1.54) is 24.2 Å². The highest BCUT2D eigenvalue weighted by Gasteiger charge is 2.29. The number of aryl methyl sites for hydroxylation is 2. The third kappa shape index (κ3) is 3.50. The molecule has 0 spiro atoms. The van der Waals surface area contributed by atoms with Gasteiger partial charge < -0.3 is 14.8 Å². The Morgan fingerprint density at radius 2 is 2.00 bits per heavy atom. The number of aromatic nitrogens is 5. The van der Waals surface area contributed by atoms with Gasteiger partial charge in [0.15, 0.2) is 22.1 Å². The SMILES string of the molecule is O=C(Nc1nc2ccccc2s1)[C@H]1CCCN(c2ncnc3c2nc2n3CCCCC2)C1. The van der Waals surface area contributed by atoms with E-state index in [2.05, 4.69) is 29.7 Å². The lowest BCUT2D eigenvalue weighted by Gasteiger charge is -2.32. The quantitative estimate of drug-likeness (QED) is 0.510. The van der Waals surface area contributed by atoms with Crippen LogP contribution in [0.5, 0.6) is 0 Å². The summed E-state index contributed by atoms with van der Waals surface area (Å²) in [4.78, 5) is 33.9. The van der Waals surface area contributed by atoms with Crippen molar-refractivity contribution in [1.29, 1.82) is 0 Å². The number of hydrogen-bond donors (Lipinski definition) is 1. The van der Waals surface area contributed by atoms with Gasteiger partial charge >= 0.3 is 0 Å². The first-order chi connectivity index (χ1) is 15.8. The molecule has 5 heterocycles. The summed E-state index contributed by atoms with van der Waals surface area (Å²) in [5.74, 6) is 1.88. The van der Waals surface area contributed by atoms with E-state index in [1.54, 1.807) is 6.33 Å². The molecule has 32 heavy (non-hydrogen) atoms. The molecule has 2 aliphatic heterocycles. The molecule has 0 saturated carbocycles. The number of nitrogens with zero attached hydrogens (tertiary/aromatic N) is 6. The number of nitrogens with one attached hydrogen (secondary N) is 1. The van der Waals surface area contributed by atoms with Crippen molar-refractivity contribution in [3.63, 3.8) is 0 Å². The molecule has 0 unspecified atom stereocenters. The third-order valence-electron chi connectivity index (χ3n) is 6.49. The molecule has 1 atom stereocenters. The summed E-state index contributed by atoms with van der Waals surface area (Å²) in [6.45, 7) is 2.47. The maximum absolute atomic E-state index is 13.1. The van der Waals surface area contributed by atoms with E-state index in [4.69, 9.17) is 4.98 Å². The predicted molar refractivity (Wildman–Crippen MR) is 126 cm³/mol. The standard InChI is InChI=1S/C23H25N7OS/c31-22(28-23-26-16-8-3-4-9-17(16)32-23)15-7-6-11-29(13-15)20-19-21(25-14-24-20)30-12-5-1-2-10-18(30)27-19/h3-4,8-9,14-15H,1-2,5-7,10-13H2,(H,26,28,31)/t15-/m0/s1. The van der Waals surface area contributed by atoms with E-state index in [-0.39, 0.29) is 11.8 Å². The van der Waals surface area contributed by atoms with E-state index in [9.17, 15) is 4.79 Å². The number of thiazole rings is 1. The van der Waals surface area contributed by atoms with Gasteiger partial charge in [-0.25, -0.2) is 19.9 Å². The highest BCUT2D eigenvalue weighted by molar-refractivity contribution is 7.22. The summed E-state index contributed by atoms with van der Waals surface area (Å²) in [6.07, 6.45) is 8.00. The van der Waals surface area contributed by atoms with E-state index in [1.807, 2.05) is 24.3 Å². The highest BCUT2D eigenvalue weighted by atomic mass is 32.1. The fourth-order valence-corrected chi connectivity index (χ4v) is 5.74. The lowest BCUT2D eigenvalue weighted by molar-refractivity contribution is -0.120. The predicted octanol–water partition coefficient (Wildman–Crippen LogP) is 4.02. The number of carbonyl (C=O) groups excluding carboxylic acids is 1. The Balaban J connectivity index is 1.24. The van der Waals surface area contributed by atoms with Gasteiger partial charge in [-0.2, -0.15) is 0 Å². The van der Waals surface area contributed by atoms with Crippen LogP contribution in [0.15, 0.2) is 30.6 Å². The molecule has 1 saturated heterocycles. The Kier molecular flexibility index (Phi) is 4.98. The maximum Gasteiger partial charge on any atom is 0.231 e. The van der Waals surface area contributed by atoms with Crippen molar-refractivity contribution in [3.8, 4) is 0 Å². The van der Waals surface area contributed by atoms with Crippen molar-refractivity contribution in [2.24, 2.45) is 5.92 Å². The molecule has 1 N–H and O–H groups in total. The van der Waals surface area contributed by atoms with Gasteiger partial charge in [0, 0.05) is 26.1 Å². The van der Waals surface area contributed by atoms with Crippen molar-refractivity contribution in [2.75, 3.05) is 23.3 Å². The summed E-state index contributed by atoms with van der Waals surface area (Å²) in [5, 5.41) is 3.71. The van der Waals surface area contributed by atoms with Crippen LogP contribution < -0.4 is 10.2 Å². The van der Waals surface area contributed by atoms with Crippen molar-refractivity contribution in [3.05, 3.63) is 36.4 Å². The van der Waals surface area contributed by atoms with E-state index in [0.717, 1.165) is 71.8 Å². The zero-order chi connectivity index (χ0) is 21.5. The number of piperidine rings is 1. The number of amides is 1. The second-order valence-electron chi connectivity index (χ2n) is 8.62. The van der Waals surface area contributed by atoms with Crippen molar-refractivity contribution in [1.82, 2.24) is 24.5 Å². The van der Waals surface area contributed by atoms with Crippen LogP contribution in [0, 0.1) is 5.92 Å². The van der Waals surface area contributed by atoms with Gasteiger partial charge in [-0.05, 0) is 37.8 Å². The number of hydrogen-bond acceptors (Lipinski definition) is 7. The van der Waals surface area contributed by atoms with E-state index >= 15 is 0 Å². The largest absolute Gasteiger partial charge is 0.354 e. The van der Waals surface area contributed by atoms with Gasteiger partial charge in [0.05, 0.1) is 16.1 Å². The minimum atomic E-state index is -0.110. The highest BCUT2D eigenvalue weighted by Crippen LogP contribution is 2.31. The summed E-state index contributed by atoms with van der Waals surface area (Å²) in [5.41, 5.74) is 2.71. The van der Waals surface area contributed by atoms with Crippen LogP contribution >= 0.6 is 11.3 Å². The van der Waals surface area contributed by atoms with Gasteiger partial charge in [0.25, 0.3) is 0 Å². The molecule has 1 fully saturated rings. The number of benzene rings is 1. The third-order valence-corrected chi connectivity index (χ3v) is 7.44. The molecule has 6 rings (SSSR count). The zero-order valence-electron chi connectivity index (χ0n) is 17.8. The molecule has 0 bridgehead atoms. The molecule has 164 valence electrons. The van der Waals surface area contributed by atoms with Crippen LogP contribution in [0.2, 0.25) is 0 Å². The van der Waals surface area contributed by atoms with Crippen LogP contribution in [0.1, 0.15) is 37.9 Å². The molecule has 2 aliphatic rings. The average molecular weight is 448 g/mol. The van der Waals surface area contributed by atoms with Gasteiger partial charge in [0.1, 0.15) is 12.2 Å². The van der Waals surface area contributed by atoms with Gasteiger partial charge in [-0.3, -0.25) is 4.79 Å². The molecule has 0 radical (unpaired) electrons. The van der Waals surface area contributed by atoms with Crippen LogP contribution in [0.25, 0.3) is 21.4 Å². The molecule has 1 aromatic carbocycles. The minimum absolute atomic E-state index is 0.0275. The summed E-state index contributed by atoms with van der Waals surface area (Å²) >= 11 is 1.52. The average Bonchev–Trinajstić information content (AvgIpc) is 3.31. The topological polar surface area (TPSA) is 88.8 Å².